The number of rotatable bonds is 4. The molecule has 0 saturated carbocycles. The number of anilines is 3. The Balaban J connectivity index is 1.62. The molecule has 1 aliphatic heterocycles. The van der Waals surface area contributed by atoms with Crippen molar-refractivity contribution >= 4 is 40.3 Å². The Morgan fingerprint density at radius 2 is 2.14 bits per heavy atom. The van der Waals surface area contributed by atoms with Crippen molar-refractivity contribution in [2.24, 2.45) is 0 Å². The third kappa shape index (κ3) is 3.54. The van der Waals surface area contributed by atoms with Crippen molar-refractivity contribution in [1.82, 2.24) is 9.97 Å². The Hall–Kier alpha value is -3.40. The molecule has 2 amide bonds. The van der Waals surface area contributed by atoms with Crippen LogP contribution in [0.2, 0.25) is 0 Å². The second kappa shape index (κ2) is 7.31. The van der Waals surface area contributed by atoms with Gasteiger partial charge in [-0.2, -0.15) is 0 Å². The van der Waals surface area contributed by atoms with Crippen molar-refractivity contribution in [3.8, 4) is 0 Å². The first-order valence-corrected chi connectivity index (χ1v) is 9.13. The summed E-state index contributed by atoms with van der Waals surface area (Å²) >= 11 is 1.42. The van der Waals surface area contributed by atoms with E-state index in [0.717, 1.165) is 17.8 Å². The van der Waals surface area contributed by atoms with Gasteiger partial charge in [0.25, 0.3) is 5.91 Å². The molecule has 0 saturated heterocycles. The summed E-state index contributed by atoms with van der Waals surface area (Å²) in [6, 6.07) is 4.35. The van der Waals surface area contributed by atoms with Gasteiger partial charge in [0.1, 0.15) is 11.6 Å². The van der Waals surface area contributed by atoms with Crippen LogP contribution in [0.4, 0.5) is 26.0 Å². The van der Waals surface area contributed by atoms with Gasteiger partial charge >= 0.3 is 0 Å². The van der Waals surface area contributed by atoms with Crippen LogP contribution < -0.4 is 15.5 Å². The van der Waals surface area contributed by atoms with Crippen LogP contribution >= 0.6 is 11.3 Å². The van der Waals surface area contributed by atoms with Gasteiger partial charge in [-0.05, 0) is 18.2 Å². The highest BCUT2D eigenvalue weighted by Gasteiger charge is 2.27. The Kier molecular flexibility index (Phi) is 4.70. The van der Waals surface area contributed by atoms with Crippen molar-refractivity contribution in [3.05, 3.63) is 64.2 Å². The first-order chi connectivity index (χ1) is 13.5. The van der Waals surface area contributed by atoms with Crippen molar-refractivity contribution in [3.63, 3.8) is 0 Å². The van der Waals surface area contributed by atoms with Gasteiger partial charge < -0.3 is 15.5 Å². The van der Waals surface area contributed by atoms with E-state index in [-0.39, 0.29) is 30.2 Å². The van der Waals surface area contributed by atoms with E-state index in [1.807, 2.05) is 5.38 Å². The fourth-order valence-electron chi connectivity index (χ4n) is 2.74. The molecule has 2 N–H and O–H groups in total. The number of hydrogen-bond acceptors (Lipinski definition) is 6. The first kappa shape index (κ1) is 18.0. The number of thiazole rings is 1. The molecule has 0 atom stereocenters. The molecule has 0 radical (unpaired) electrons. The Morgan fingerprint density at radius 3 is 2.89 bits per heavy atom. The van der Waals surface area contributed by atoms with Crippen LogP contribution in [0.25, 0.3) is 0 Å². The summed E-state index contributed by atoms with van der Waals surface area (Å²) < 4.78 is 26.8. The number of pyridine rings is 1. The van der Waals surface area contributed by atoms with Crippen molar-refractivity contribution in [2.45, 2.75) is 6.54 Å². The lowest BCUT2D eigenvalue weighted by molar-refractivity contribution is -0.117. The van der Waals surface area contributed by atoms with E-state index in [9.17, 15) is 18.4 Å². The summed E-state index contributed by atoms with van der Waals surface area (Å²) in [7, 11) is 0. The number of hydrogen-bond donors (Lipinski definition) is 2. The van der Waals surface area contributed by atoms with E-state index >= 15 is 0 Å². The predicted octanol–water partition coefficient (Wildman–Crippen LogP) is 3.03. The maximum Gasteiger partial charge on any atom is 0.257 e. The zero-order valence-corrected chi connectivity index (χ0v) is 15.1. The van der Waals surface area contributed by atoms with Gasteiger partial charge in [-0.25, -0.2) is 18.7 Å². The molecule has 142 valence electrons. The van der Waals surface area contributed by atoms with Crippen molar-refractivity contribution < 1.29 is 18.4 Å². The summed E-state index contributed by atoms with van der Waals surface area (Å²) in [5, 5.41) is 7.11. The number of nitrogens with one attached hydrogen (secondary N) is 2. The summed E-state index contributed by atoms with van der Waals surface area (Å²) in [6.07, 6.45) is 1.32. The number of fused-ring (bicyclic) bond motifs is 1. The standard InChI is InChI=1S/C18H13F2N5O2S/c19-11-1-2-14(13(20)4-11)24-18(27)10-3-15-17(21-5-10)22-6-16(26)25(15)7-12-8-28-9-23-12/h1-5,8-9H,6-7H2,(H,21,22)(H,24,27). The Bertz CT molecular complexity index is 1060. The zero-order valence-electron chi connectivity index (χ0n) is 14.3. The molecule has 1 aliphatic rings. The van der Waals surface area contributed by atoms with Crippen LogP contribution in [0.3, 0.4) is 0 Å². The summed E-state index contributed by atoms with van der Waals surface area (Å²) in [5.41, 5.74) is 2.79. The average molecular weight is 401 g/mol. The molecular formula is C18H13F2N5O2S. The Morgan fingerprint density at radius 1 is 1.29 bits per heavy atom. The lowest BCUT2D eigenvalue weighted by atomic mass is 10.1. The minimum Gasteiger partial charge on any atom is -0.359 e. The van der Waals surface area contributed by atoms with Crippen LogP contribution in [0.5, 0.6) is 0 Å². The largest absolute Gasteiger partial charge is 0.359 e. The van der Waals surface area contributed by atoms with E-state index in [0.29, 0.717) is 17.6 Å². The van der Waals surface area contributed by atoms with Gasteiger partial charge in [0.05, 0.1) is 41.2 Å². The fourth-order valence-corrected chi connectivity index (χ4v) is 3.29. The molecule has 0 aliphatic carbocycles. The maximum absolute atomic E-state index is 13.8. The van der Waals surface area contributed by atoms with Crippen LogP contribution in [-0.4, -0.2) is 28.3 Å². The second-order valence-electron chi connectivity index (χ2n) is 5.98. The topological polar surface area (TPSA) is 87.2 Å². The Labute approximate surface area is 162 Å². The molecule has 3 heterocycles. The quantitative estimate of drug-likeness (QED) is 0.702. The molecule has 2 aromatic heterocycles. The number of benzene rings is 1. The number of halogens is 2. The third-order valence-electron chi connectivity index (χ3n) is 4.11. The lowest BCUT2D eigenvalue weighted by Crippen LogP contribution is -2.40. The molecule has 7 nitrogen and oxygen atoms in total. The monoisotopic (exact) mass is 401 g/mol. The van der Waals surface area contributed by atoms with E-state index in [1.165, 1.54) is 28.5 Å². The third-order valence-corrected chi connectivity index (χ3v) is 4.75. The second-order valence-corrected chi connectivity index (χ2v) is 6.70. The molecule has 0 unspecified atom stereocenters. The molecule has 0 fully saturated rings. The molecule has 10 heteroatoms. The maximum atomic E-state index is 13.8. The minimum absolute atomic E-state index is 0.0798. The number of carbonyl (C=O) groups excluding carboxylic acids is 2. The van der Waals surface area contributed by atoms with Gasteiger partial charge in [0, 0.05) is 17.6 Å². The van der Waals surface area contributed by atoms with Gasteiger partial charge in [0.15, 0.2) is 5.82 Å². The molecule has 28 heavy (non-hydrogen) atoms. The number of aromatic nitrogens is 2. The zero-order chi connectivity index (χ0) is 19.7. The molecule has 0 spiro atoms. The van der Waals surface area contributed by atoms with Crippen LogP contribution in [0.15, 0.2) is 41.4 Å². The number of carbonyl (C=O) groups is 2. The smallest absolute Gasteiger partial charge is 0.257 e. The lowest BCUT2D eigenvalue weighted by Gasteiger charge is -2.29. The first-order valence-electron chi connectivity index (χ1n) is 8.19. The molecule has 3 aromatic rings. The molecule has 0 bridgehead atoms. The van der Waals surface area contributed by atoms with E-state index in [1.54, 1.807) is 5.51 Å². The van der Waals surface area contributed by atoms with Gasteiger partial charge in [-0.1, -0.05) is 0 Å². The molecule has 4 rings (SSSR count). The normalized spacial score (nSPS) is 13.1. The number of amides is 2. The SMILES string of the molecule is O=C(Nc1ccc(F)cc1F)c1cnc2c(c1)N(Cc1cscn1)C(=O)CN2. The van der Waals surface area contributed by atoms with Crippen LogP contribution in [0.1, 0.15) is 16.1 Å². The highest BCUT2D eigenvalue weighted by atomic mass is 32.1. The van der Waals surface area contributed by atoms with Crippen LogP contribution in [0, 0.1) is 11.6 Å². The van der Waals surface area contributed by atoms with E-state index in [4.69, 9.17) is 0 Å². The summed E-state index contributed by atoms with van der Waals surface area (Å²) in [5.74, 6) is -1.99. The average Bonchev–Trinajstić information content (AvgIpc) is 3.19. The highest BCUT2D eigenvalue weighted by Crippen LogP contribution is 2.30. The molecular weight excluding hydrogens is 388 g/mol. The van der Waals surface area contributed by atoms with Crippen molar-refractivity contribution in [1.29, 1.82) is 0 Å². The van der Waals surface area contributed by atoms with E-state index < -0.39 is 17.5 Å². The summed E-state index contributed by atoms with van der Waals surface area (Å²) in [6.45, 7) is 0.326. The van der Waals surface area contributed by atoms with Crippen LogP contribution in [-0.2, 0) is 11.3 Å². The summed E-state index contributed by atoms with van der Waals surface area (Å²) in [4.78, 5) is 34.7. The predicted molar refractivity (Wildman–Crippen MR) is 100 cm³/mol. The minimum atomic E-state index is -0.888. The van der Waals surface area contributed by atoms with Crippen molar-refractivity contribution in [2.75, 3.05) is 22.1 Å². The molecule has 1 aromatic carbocycles. The van der Waals surface area contributed by atoms with Gasteiger partial charge in [-0.3, -0.25) is 9.59 Å². The fraction of sp³-hybridized carbons (Fsp3) is 0.111. The van der Waals surface area contributed by atoms with E-state index in [2.05, 4.69) is 20.6 Å². The van der Waals surface area contributed by atoms with Gasteiger partial charge in [-0.15, -0.1) is 11.3 Å². The number of nitrogens with zero attached hydrogens (tertiary/aromatic N) is 3. The highest BCUT2D eigenvalue weighted by molar-refractivity contribution is 7.07. The van der Waals surface area contributed by atoms with Gasteiger partial charge in [0.2, 0.25) is 5.91 Å².